The SMILES string of the molecule is FC(F)(F)C(F)(F)OCC(F)(F)C(F)(F)C(F)(F)F. The molecule has 0 unspecified atom stereocenters. The number of hydrogen-bond donors (Lipinski definition) is 0. The molecule has 0 aliphatic carbocycles. The quantitative estimate of drug-likeness (QED) is 0.712. The highest BCUT2D eigenvalue weighted by Crippen LogP contribution is 2.47. The van der Waals surface area contributed by atoms with Crippen LogP contribution >= 0.6 is 0 Å². The van der Waals surface area contributed by atoms with Crippen LogP contribution in [0.5, 0.6) is 0 Å². The van der Waals surface area contributed by atoms with E-state index in [1.807, 2.05) is 0 Å². The van der Waals surface area contributed by atoms with E-state index in [0.717, 1.165) is 0 Å². The van der Waals surface area contributed by atoms with Crippen molar-refractivity contribution in [1.29, 1.82) is 0 Å². The van der Waals surface area contributed by atoms with Gasteiger partial charge in [-0.2, -0.15) is 52.7 Å². The molecule has 13 heteroatoms. The molecule has 19 heavy (non-hydrogen) atoms. The molecule has 0 bridgehead atoms. The summed E-state index contributed by atoms with van der Waals surface area (Å²) in [5.41, 5.74) is 0. The number of alkyl halides is 12. The van der Waals surface area contributed by atoms with Crippen LogP contribution in [0.2, 0.25) is 0 Å². The van der Waals surface area contributed by atoms with Gasteiger partial charge in [-0.15, -0.1) is 0 Å². The second-order valence-electron chi connectivity index (χ2n) is 3.08. The Morgan fingerprint density at radius 2 is 0.947 bits per heavy atom. The third-order valence-electron chi connectivity index (χ3n) is 1.58. The molecule has 0 aliphatic rings. The van der Waals surface area contributed by atoms with E-state index in [1.54, 1.807) is 0 Å². The molecule has 0 aromatic rings. The lowest BCUT2D eigenvalue weighted by molar-refractivity contribution is -0.418. The van der Waals surface area contributed by atoms with Crippen molar-refractivity contribution in [3.8, 4) is 0 Å². The van der Waals surface area contributed by atoms with Crippen LogP contribution < -0.4 is 0 Å². The van der Waals surface area contributed by atoms with Gasteiger partial charge in [0.25, 0.3) is 0 Å². The van der Waals surface area contributed by atoms with Crippen molar-refractivity contribution < 1.29 is 57.4 Å². The van der Waals surface area contributed by atoms with Gasteiger partial charge in [-0.25, -0.2) is 0 Å². The number of halogens is 12. The van der Waals surface area contributed by atoms with Crippen molar-refractivity contribution >= 4 is 0 Å². The maximum atomic E-state index is 12.3. The Kier molecular flexibility index (Phi) is 4.38. The van der Waals surface area contributed by atoms with E-state index in [2.05, 4.69) is 4.74 Å². The summed E-state index contributed by atoms with van der Waals surface area (Å²) in [5.74, 6) is -13.1. The molecule has 0 aliphatic heterocycles. The van der Waals surface area contributed by atoms with E-state index in [0.29, 0.717) is 0 Å². The van der Waals surface area contributed by atoms with Crippen LogP contribution in [0.3, 0.4) is 0 Å². The van der Waals surface area contributed by atoms with Crippen LogP contribution in [0.1, 0.15) is 0 Å². The predicted octanol–water partition coefficient (Wildman–Crippen LogP) is 3.99. The van der Waals surface area contributed by atoms with Crippen LogP contribution in [-0.4, -0.2) is 36.9 Å². The Morgan fingerprint density at radius 3 is 1.21 bits per heavy atom. The second kappa shape index (κ2) is 4.59. The summed E-state index contributed by atoms with van der Waals surface area (Å²) in [7, 11) is 0. The Morgan fingerprint density at radius 1 is 0.579 bits per heavy atom. The molecule has 0 spiro atoms. The summed E-state index contributed by atoms with van der Waals surface area (Å²) in [6.07, 6.45) is -19.7. The Bertz CT molecular complexity index is 311. The normalized spacial score (nSPS) is 15.8. The van der Waals surface area contributed by atoms with Crippen LogP contribution in [0.25, 0.3) is 0 Å². The fourth-order valence-corrected chi connectivity index (χ4v) is 0.561. The van der Waals surface area contributed by atoms with E-state index >= 15 is 0 Å². The summed E-state index contributed by atoms with van der Waals surface area (Å²) < 4.78 is 144. The molecule has 0 heterocycles. The van der Waals surface area contributed by atoms with Crippen LogP contribution in [0.4, 0.5) is 52.7 Å². The minimum absolute atomic E-state index is 2.15. The molecule has 0 aromatic heterocycles. The van der Waals surface area contributed by atoms with Crippen LogP contribution in [0.15, 0.2) is 0 Å². The smallest absolute Gasteiger partial charge is 0.307 e. The van der Waals surface area contributed by atoms with Gasteiger partial charge in [0.1, 0.15) is 6.61 Å². The molecular formula is C6H2F12O. The molecule has 0 radical (unpaired) electrons. The first-order valence-electron chi connectivity index (χ1n) is 3.86. The van der Waals surface area contributed by atoms with Crippen LogP contribution in [-0.2, 0) is 4.74 Å². The van der Waals surface area contributed by atoms with Gasteiger partial charge < -0.3 is 4.74 Å². The monoisotopic (exact) mass is 318 g/mol. The van der Waals surface area contributed by atoms with Crippen molar-refractivity contribution in [2.24, 2.45) is 0 Å². The Hall–Kier alpha value is -0.880. The number of hydrogen-bond acceptors (Lipinski definition) is 1. The van der Waals surface area contributed by atoms with E-state index in [4.69, 9.17) is 0 Å². The molecule has 0 amide bonds. The first kappa shape index (κ1) is 18.1. The van der Waals surface area contributed by atoms with Crippen molar-refractivity contribution in [3.63, 3.8) is 0 Å². The zero-order valence-corrected chi connectivity index (χ0v) is 8.15. The molecule has 0 fully saturated rings. The van der Waals surface area contributed by atoms with Gasteiger partial charge in [-0.1, -0.05) is 0 Å². The van der Waals surface area contributed by atoms with Gasteiger partial charge in [0.2, 0.25) is 0 Å². The Balaban J connectivity index is 5.01. The molecule has 0 N–H and O–H groups in total. The van der Waals surface area contributed by atoms with Crippen LogP contribution in [0, 0.1) is 0 Å². The third-order valence-corrected chi connectivity index (χ3v) is 1.58. The zero-order chi connectivity index (χ0) is 15.9. The molecule has 0 rings (SSSR count). The van der Waals surface area contributed by atoms with E-state index in [9.17, 15) is 52.7 Å². The highest BCUT2D eigenvalue weighted by molar-refractivity contribution is 4.91. The van der Waals surface area contributed by atoms with Gasteiger partial charge in [-0.05, 0) is 0 Å². The zero-order valence-electron chi connectivity index (χ0n) is 8.15. The third kappa shape index (κ3) is 3.57. The fourth-order valence-electron chi connectivity index (χ4n) is 0.561. The van der Waals surface area contributed by atoms with Gasteiger partial charge in [-0.3, -0.25) is 0 Å². The molecule has 0 saturated carbocycles. The summed E-state index contributed by atoms with van der Waals surface area (Å²) in [6.45, 7) is -3.48. The van der Waals surface area contributed by atoms with Crippen molar-refractivity contribution in [2.45, 2.75) is 30.3 Å². The lowest BCUT2D eigenvalue weighted by atomic mass is 10.2. The number of ether oxygens (including phenoxy) is 1. The minimum atomic E-state index is -6.85. The maximum Gasteiger partial charge on any atom is 0.482 e. The first-order valence-corrected chi connectivity index (χ1v) is 3.86. The topological polar surface area (TPSA) is 9.23 Å². The van der Waals surface area contributed by atoms with Gasteiger partial charge in [0, 0.05) is 0 Å². The van der Waals surface area contributed by atoms with E-state index in [-0.39, 0.29) is 0 Å². The largest absolute Gasteiger partial charge is 0.482 e. The van der Waals surface area contributed by atoms with Gasteiger partial charge in [0.05, 0.1) is 0 Å². The fraction of sp³-hybridized carbons (Fsp3) is 1.00. The van der Waals surface area contributed by atoms with Crippen molar-refractivity contribution in [1.82, 2.24) is 0 Å². The van der Waals surface area contributed by atoms with Crippen molar-refractivity contribution in [2.75, 3.05) is 6.61 Å². The Labute approximate surface area is 95.7 Å². The molecule has 0 aromatic carbocycles. The second-order valence-corrected chi connectivity index (χ2v) is 3.08. The first-order chi connectivity index (χ1) is 7.96. The molecular weight excluding hydrogens is 316 g/mol. The predicted molar refractivity (Wildman–Crippen MR) is 32.9 cm³/mol. The van der Waals surface area contributed by atoms with Gasteiger partial charge in [0.15, 0.2) is 0 Å². The molecule has 116 valence electrons. The van der Waals surface area contributed by atoms with E-state index < -0.39 is 36.9 Å². The standard InChI is InChI=1S/C6H2F12O/c7-2(8,3(9,10)4(11,12)13)1-19-6(17,18)5(14,15)16/h1H2. The summed E-state index contributed by atoms with van der Waals surface area (Å²) in [6, 6.07) is 0. The molecule has 0 saturated heterocycles. The minimum Gasteiger partial charge on any atom is -0.307 e. The highest BCUT2D eigenvalue weighted by Gasteiger charge is 2.74. The number of rotatable bonds is 4. The van der Waals surface area contributed by atoms with Crippen molar-refractivity contribution in [3.05, 3.63) is 0 Å². The highest BCUT2D eigenvalue weighted by atomic mass is 19.4. The summed E-state index contributed by atoms with van der Waals surface area (Å²) in [5, 5.41) is 0. The maximum absolute atomic E-state index is 12.3. The summed E-state index contributed by atoms with van der Waals surface area (Å²) >= 11 is 0. The average Bonchev–Trinajstić information content (AvgIpc) is 2.11. The molecule has 1 nitrogen and oxygen atoms in total. The van der Waals surface area contributed by atoms with E-state index in [1.165, 1.54) is 0 Å². The molecule has 0 atom stereocenters. The average molecular weight is 318 g/mol. The summed E-state index contributed by atoms with van der Waals surface area (Å²) in [4.78, 5) is 0. The van der Waals surface area contributed by atoms with Gasteiger partial charge >= 0.3 is 30.3 Å². The lowest BCUT2D eigenvalue weighted by Gasteiger charge is -2.29. The lowest BCUT2D eigenvalue weighted by Crippen LogP contribution is -2.55.